The minimum absolute atomic E-state index is 0.00635. The molecule has 2 aromatic rings. The maximum Gasteiger partial charge on any atom is 0.253 e. The van der Waals surface area contributed by atoms with Gasteiger partial charge in [-0.15, -0.1) is 0 Å². The molecule has 0 aliphatic carbocycles. The number of nitrogens with one attached hydrogen (secondary N) is 3. The van der Waals surface area contributed by atoms with E-state index in [2.05, 4.69) is 25.7 Å². The highest BCUT2D eigenvalue weighted by atomic mass is 35.5. The molecule has 0 saturated carbocycles. The summed E-state index contributed by atoms with van der Waals surface area (Å²) in [4.78, 5) is 16.5. The van der Waals surface area contributed by atoms with Gasteiger partial charge in [-0.3, -0.25) is 10.0 Å². The van der Waals surface area contributed by atoms with Crippen molar-refractivity contribution < 1.29 is 10.0 Å². The van der Waals surface area contributed by atoms with E-state index in [1.54, 1.807) is 6.07 Å². The summed E-state index contributed by atoms with van der Waals surface area (Å²) in [5, 5.41) is 12.5. The van der Waals surface area contributed by atoms with E-state index in [0.717, 1.165) is 5.56 Å². The Labute approximate surface area is 120 Å². The summed E-state index contributed by atoms with van der Waals surface area (Å²) in [6.07, 6.45) is 0. The molecule has 0 spiro atoms. The molecule has 0 aliphatic heterocycles. The zero-order valence-electron chi connectivity index (χ0n) is 10.6. The monoisotopic (exact) mass is 296 g/mol. The molecule has 9 heteroatoms. The van der Waals surface area contributed by atoms with Gasteiger partial charge >= 0.3 is 0 Å². The fourth-order valence-corrected chi connectivity index (χ4v) is 1.68. The van der Waals surface area contributed by atoms with Crippen molar-refractivity contribution in [1.29, 1.82) is 0 Å². The third kappa shape index (κ3) is 3.92. The van der Waals surface area contributed by atoms with E-state index < -0.39 is 0 Å². The number of halogens is 1. The van der Waals surface area contributed by atoms with Gasteiger partial charge in [-0.2, -0.15) is 15.0 Å². The largest absolute Gasteiger partial charge is 0.350 e. The molecule has 106 valence electrons. The van der Waals surface area contributed by atoms with Crippen molar-refractivity contribution in [2.24, 2.45) is 0 Å². The number of hydrogen-bond acceptors (Lipinski definition) is 8. The fourth-order valence-electron chi connectivity index (χ4n) is 1.47. The van der Waals surface area contributed by atoms with E-state index in [0.29, 0.717) is 11.6 Å². The first-order chi connectivity index (χ1) is 9.71. The van der Waals surface area contributed by atoms with Crippen LogP contribution in [-0.2, 0) is 11.4 Å². The zero-order chi connectivity index (χ0) is 14.4. The van der Waals surface area contributed by atoms with E-state index in [4.69, 9.17) is 21.6 Å². The molecule has 2 rings (SSSR count). The van der Waals surface area contributed by atoms with Gasteiger partial charge < -0.3 is 5.32 Å². The van der Waals surface area contributed by atoms with Gasteiger partial charge in [0.1, 0.15) is 0 Å². The molecule has 1 heterocycles. The highest BCUT2D eigenvalue weighted by Gasteiger charge is 2.05. The van der Waals surface area contributed by atoms with Gasteiger partial charge in [-0.25, -0.2) is 11.0 Å². The summed E-state index contributed by atoms with van der Waals surface area (Å²) < 4.78 is 0. The van der Waals surface area contributed by atoms with Gasteiger partial charge in [0, 0.05) is 11.6 Å². The minimum Gasteiger partial charge on any atom is -0.350 e. The number of aromatic nitrogens is 3. The quantitative estimate of drug-likeness (QED) is 0.599. The Bertz CT molecular complexity index is 583. The number of nitrogens with zero attached hydrogens (tertiary/aromatic N) is 3. The number of benzene rings is 1. The van der Waals surface area contributed by atoms with E-state index in [1.807, 2.05) is 23.7 Å². The van der Waals surface area contributed by atoms with E-state index in [9.17, 15) is 0 Å². The van der Waals surface area contributed by atoms with Crippen LogP contribution in [0.2, 0.25) is 5.02 Å². The molecule has 20 heavy (non-hydrogen) atoms. The van der Waals surface area contributed by atoms with Crippen molar-refractivity contribution in [1.82, 2.24) is 15.0 Å². The number of anilines is 3. The van der Waals surface area contributed by atoms with Gasteiger partial charge in [-0.05, 0) is 17.7 Å². The average molecular weight is 297 g/mol. The number of rotatable bonds is 6. The second-order valence-corrected chi connectivity index (χ2v) is 4.14. The minimum atomic E-state index is -0.00635. The molecule has 0 aliphatic rings. The second-order valence-electron chi connectivity index (χ2n) is 3.71. The van der Waals surface area contributed by atoms with Crippen molar-refractivity contribution in [3.63, 3.8) is 0 Å². The summed E-state index contributed by atoms with van der Waals surface area (Å²) in [5.41, 5.74) is 5.28. The van der Waals surface area contributed by atoms with E-state index in [-0.39, 0.29) is 17.8 Å². The summed E-state index contributed by atoms with van der Waals surface area (Å²) in [5.74, 6) is 0.428. The van der Waals surface area contributed by atoms with Crippen LogP contribution in [0.15, 0.2) is 24.3 Å². The standard InChI is InChI=1S/C11H13ClN6O2/c1-20-18-11-15-9(14-10(16-11)17-19)13-6-7-3-2-4-8(12)5-7/h2-5,19H,6H2,1H3,(H3,13,14,15,16,17,18). The van der Waals surface area contributed by atoms with Gasteiger partial charge in [0.2, 0.25) is 5.95 Å². The topological polar surface area (TPSA) is 104 Å². The first-order valence-corrected chi connectivity index (χ1v) is 6.02. The molecule has 0 fully saturated rings. The van der Waals surface area contributed by atoms with Crippen LogP contribution in [0.5, 0.6) is 0 Å². The predicted octanol–water partition coefficient (Wildman–Crippen LogP) is 1.91. The predicted molar refractivity (Wildman–Crippen MR) is 74.6 cm³/mol. The smallest absolute Gasteiger partial charge is 0.253 e. The SMILES string of the molecule is CONc1nc(NO)nc(NCc2cccc(Cl)c2)n1. The van der Waals surface area contributed by atoms with E-state index in [1.165, 1.54) is 7.11 Å². The molecule has 1 aromatic heterocycles. The molecule has 0 bridgehead atoms. The third-order valence-electron chi connectivity index (χ3n) is 2.27. The van der Waals surface area contributed by atoms with Gasteiger partial charge in [0.25, 0.3) is 11.9 Å². The van der Waals surface area contributed by atoms with Crippen molar-refractivity contribution in [3.8, 4) is 0 Å². The van der Waals surface area contributed by atoms with E-state index >= 15 is 0 Å². The Morgan fingerprint density at radius 2 is 1.95 bits per heavy atom. The Balaban J connectivity index is 2.10. The molecule has 0 atom stereocenters. The first kappa shape index (κ1) is 14.3. The molecule has 4 N–H and O–H groups in total. The molecule has 0 unspecified atom stereocenters. The molecule has 0 saturated heterocycles. The van der Waals surface area contributed by atoms with Gasteiger partial charge in [0.05, 0.1) is 7.11 Å². The van der Waals surface area contributed by atoms with Crippen molar-refractivity contribution in [3.05, 3.63) is 34.9 Å². The van der Waals surface area contributed by atoms with Crippen LogP contribution in [0.25, 0.3) is 0 Å². The van der Waals surface area contributed by atoms with Crippen LogP contribution in [-0.4, -0.2) is 27.3 Å². The zero-order valence-corrected chi connectivity index (χ0v) is 11.3. The Morgan fingerprint density at radius 1 is 1.20 bits per heavy atom. The van der Waals surface area contributed by atoms with Crippen molar-refractivity contribution in [2.75, 3.05) is 23.4 Å². The summed E-state index contributed by atoms with van der Waals surface area (Å²) >= 11 is 5.90. The van der Waals surface area contributed by atoms with Crippen LogP contribution in [0.4, 0.5) is 17.8 Å². The van der Waals surface area contributed by atoms with Crippen molar-refractivity contribution in [2.45, 2.75) is 6.54 Å². The summed E-state index contributed by atoms with van der Waals surface area (Å²) in [6, 6.07) is 7.39. The summed E-state index contributed by atoms with van der Waals surface area (Å²) in [7, 11) is 1.43. The highest BCUT2D eigenvalue weighted by molar-refractivity contribution is 6.30. The summed E-state index contributed by atoms with van der Waals surface area (Å²) in [6.45, 7) is 0.474. The Kier molecular flexibility index (Phi) is 4.88. The highest BCUT2D eigenvalue weighted by Crippen LogP contribution is 2.13. The van der Waals surface area contributed by atoms with Gasteiger partial charge in [-0.1, -0.05) is 23.7 Å². The molecule has 0 amide bonds. The Hall–Kier alpha value is -2.16. The van der Waals surface area contributed by atoms with Crippen LogP contribution in [0, 0.1) is 0 Å². The molecule has 8 nitrogen and oxygen atoms in total. The van der Waals surface area contributed by atoms with Crippen LogP contribution in [0.3, 0.4) is 0 Å². The fraction of sp³-hybridized carbons (Fsp3) is 0.182. The lowest BCUT2D eigenvalue weighted by Gasteiger charge is -2.08. The molecule has 1 aromatic carbocycles. The molecular formula is C11H13ClN6O2. The number of hydrogen-bond donors (Lipinski definition) is 4. The van der Waals surface area contributed by atoms with Crippen LogP contribution in [0.1, 0.15) is 5.56 Å². The molecule has 0 radical (unpaired) electrons. The van der Waals surface area contributed by atoms with Gasteiger partial charge in [0.15, 0.2) is 0 Å². The van der Waals surface area contributed by atoms with Crippen LogP contribution >= 0.6 is 11.6 Å². The lowest BCUT2D eigenvalue weighted by Crippen LogP contribution is -2.10. The van der Waals surface area contributed by atoms with Crippen LogP contribution < -0.4 is 16.3 Å². The van der Waals surface area contributed by atoms with Crippen molar-refractivity contribution >= 4 is 29.4 Å². The first-order valence-electron chi connectivity index (χ1n) is 5.65. The Morgan fingerprint density at radius 3 is 2.65 bits per heavy atom. The maximum absolute atomic E-state index is 8.86. The maximum atomic E-state index is 8.86. The average Bonchev–Trinajstić information content (AvgIpc) is 2.45. The second kappa shape index (κ2) is 6.85. The lowest BCUT2D eigenvalue weighted by molar-refractivity contribution is 0.267. The lowest BCUT2D eigenvalue weighted by atomic mass is 10.2. The third-order valence-corrected chi connectivity index (χ3v) is 2.50. The normalized spacial score (nSPS) is 10.2. The molecular weight excluding hydrogens is 284 g/mol.